The molecule has 0 saturated carbocycles. The van der Waals surface area contributed by atoms with E-state index in [9.17, 15) is 4.79 Å². The maximum Gasteiger partial charge on any atom is 0.407 e. The van der Waals surface area contributed by atoms with Crippen molar-refractivity contribution in [2.75, 3.05) is 38.8 Å². The van der Waals surface area contributed by atoms with E-state index in [0.717, 1.165) is 25.8 Å². The molecule has 0 rings (SSSR count). The molecule has 5 nitrogen and oxygen atoms in total. The minimum atomic E-state index is -0.443. The van der Waals surface area contributed by atoms with Crippen molar-refractivity contribution in [3.05, 3.63) is 0 Å². The number of thioether (sulfide) groups is 1. The summed E-state index contributed by atoms with van der Waals surface area (Å²) in [5.74, 6) is 1.17. The fraction of sp³-hybridized carbons (Fsp3) is 0.933. The van der Waals surface area contributed by atoms with Crippen LogP contribution in [0.25, 0.3) is 0 Å². The number of carbonyl (C=O) groups is 1. The molecule has 21 heavy (non-hydrogen) atoms. The summed E-state index contributed by atoms with van der Waals surface area (Å²) in [7, 11) is 1.72. The van der Waals surface area contributed by atoms with Crippen molar-refractivity contribution in [3.63, 3.8) is 0 Å². The molecule has 0 aliphatic heterocycles. The van der Waals surface area contributed by atoms with Gasteiger partial charge in [0.1, 0.15) is 5.60 Å². The van der Waals surface area contributed by atoms with Gasteiger partial charge in [0.05, 0.1) is 6.61 Å². The molecule has 126 valence electrons. The summed E-state index contributed by atoms with van der Waals surface area (Å²) in [4.78, 5) is 11.5. The van der Waals surface area contributed by atoms with E-state index in [-0.39, 0.29) is 6.09 Å². The average Bonchev–Trinajstić information content (AvgIpc) is 2.37. The van der Waals surface area contributed by atoms with Crippen molar-refractivity contribution >= 4 is 17.9 Å². The molecule has 0 aliphatic carbocycles. The van der Waals surface area contributed by atoms with Crippen LogP contribution in [0.15, 0.2) is 0 Å². The number of methoxy groups -OCH3 is 1. The van der Waals surface area contributed by atoms with Crippen LogP contribution in [-0.2, 0) is 9.47 Å². The van der Waals surface area contributed by atoms with Crippen molar-refractivity contribution in [3.8, 4) is 0 Å². The Morgan fingerprint density at radius 2 is 1.95 bits per heavy atom. The van der Waals surface area contributed by atoms with Gasteiger partial charge in [-0.25, -0.2) is 4.79 Å². The van der Waals surface area contributed by atoms with Gasteiger partial charge in [-0.1, -0.05) is 0 Å². The van der Waals surface area contributed by atoms with Crippen molar-refractivity contribution in [1.29, 1.82) is 0 Å². The fourth-order valence-electron chi connectivity index (χ4n) is 1.82. The summed E-state index contributed by atoms with van der Waals surface area (Å²) < 4.78 is 10.4. The number of nitrogens with one attached hydrogen (secondary N) is 2. The number of rotatable bonds is 11. The lowest BCUT2D eigenvalue weighted by Gasteiger charge is -2.20. The van der Waals surface area contributed by atoms with Crippen molar-refractivity contribution in [1.82, 2.24) is 10.6 Å². The molecule has 1 amide bonds. The Kier molecular flexibility index (Phi) is 11.9. The van der Waals surface area contributed by atoms with Gasteiger partial charge in [-0.3, -0.25) is 0 Å². The zero-order valence-electron chi connectivity index (χ0n) is 14.2. The first-order valence-corrected chi connectivity index (χ1v) is 8.96. The van der Waals surface area contributed by atoms with Crippen molar-refractivity contribution in [2.45, 2.75) is 51.7 Å². The topological polar surface area (TPSA) is 59.6 Å². The Bertz CT molecular complexity index is 270. The monoisotopic (exact) mass is 320 g/mol. The molecular formula is C15H32N2O3S. The predicted octanol–water partition coefficient (Wildman–Crippen LogP) is 2.65. The third kappa shape index (κ3) is 14.2. The minimum Gasteiger partial charge on any atom is -0.444 e. The number of carbonyl (C=O) groups excluding carboxylic acids is 1. The van der Waals surface area contributed by atoms with Crippen LogP contribution in [0.2, 0.25) is 0 Å². The summed E-state index contributed by atoms with van der Waals surface area (Å²) in [5.41, 5.74) is -0.443. The second kappa shape index (κ2) is 12.1. The summed E-state index contributed by atoms with van der Waals surface area (Å²) in [6.45, 7) is 7.92. The second-order valence-corrected chi connectivity index (χ2v) is 7.01. The van der Waals surface area contributed by atoms with Crippen molar-refractivity contribution in [2.24, 2.45) is 0 Å². The zero-order chi connectivity index (χ0) is 16.1. The molecular weight excluding hydrogens is 288 g/mol. The average molecular weight is 320 g/mol. The van der Waals surface area contributed by atoms with Gasteiger partial charge >= 0.3 is 6.09 Å². The van der Waals surface area contributed by atoms with Crippen LogP contribution in [0, 0.1) is 0 Å². The van der Waals surface area contributed by atoms with Crippen LogP contribution in [0.5, 0.6) is 0 Å². The van der Waals surface area contributed by atoms with Gasteiger partial charge in [0.2, 0.25) is 0 Å². The molecule has 0 aromatic heterocycles. The highest BCUT2D eigenvalue weighted by Gasteiger charge is 2.15. The number of hydrogen-bond acceptors (Lipinski definition) is 5. The molecule has 0 aromatic rings. The SMILES string of the molecule is COCC(CCCNC(=O)OC(C)(C)C)NCCCSC. The normalized spacial score (nSPS) is 13.0. The van der Waals surface area contributed by atoms with Gasteiger partial charge in [-0.05, 0) is 58.6 Å². The summed E-state index contributed by atoms with van der Waals surface area (Å²) in [6.07, 6.45) is 4.82. The molecule has 0 aromatic carbocycles. The summed E-state index contributed by atoms with van der Waals surface area (Å²) >= 11 is 1.86. The van der Waals surface area contributed by atoms with E-state index in [4.69, 9.17) is 9.47 Å². The maximum atomic E-state index is 11.5. The van der Waals surface area contributed by atoms with E-state index in [1.165, 1.54) is 5.75 Å². The molecule has 0 spiro atoms. The van der Waals surface area contributed by atoms with E-state index >= 15 is 0 Å². The van der Waals surface area contributed by atoms with Gasteiger partial charge in [0.25, 0.3) is 0 Å². The standard InChI is InChI=1S/C15H32N2O3S/c1-15(2,3)20-14(18)17-9-6-8-13(12-19-4)16-10-7-11-21-5/h13,16H,6-12H2,1-5H3,(H,17,18). The lowest BCUT2D eigenvalue weighted by atomic mass is 10.1. The number of hydrogen-bond donors (Lipinski definition) is 2. The Balaban J connectivity index is 3.75. The highest BCUT2D eigenvalue weighted by Crippen LogP contribution is 2.06. The largest absolute Gasteiger partial charge is 0.444 e. The highest BCUT2D eigenvalue weighted by molar-refractivity contribution is 7.98. The smallest absolute Gasteiger partial charge is 0.407 e. The Morgan fingerprint density at radius 1 is 1.24 bits per heavy atom. The van der Waals surface area contributed by atoms with E-state index in [1.807, 2.05) is 32.5 Å². The second-order valence-electron chi connectivity index (χ2n) is 6.02. The van der Waals surface area contributed by atoms with E-state index in [2.05, 4.69) is 16.9 Å². The zero-order valence-corrected chi connectivity index (χ0v) is 15.0. The van der Waals surface area contributed by atoms with Crippen LogP contribution < -0.4 is 10.6 Å². The molecule has 0 fully saturated rings. The van der Waals surface area contributed by atoms with E-state index in [0.29, 0.717) is 19.2 Å². The molecule has 2 N–H and O–H groups in total. The molecule has 1 atom stereocenters. The maximum absolute atomic E-state index is 11.5. The van der Waals surface area contributed by atoms with Crippen LogP contribution >= 0.6 is 11.8 Å². The molecule has 1 unspecified atom stereocenters. The highest BCUT2D eigenvalue weighted by atomic mass is 32.2. The molecule has 0 bridgehead atoms. The molecule has 0 heterocycles. The van der Waals surface area contributed by atoms with Gasteiger partial charge in [0, 0.05) is 19.7 Å². The quantitative estimate of drug-likeness (QED) is 0.573. The first-order valence-electron chi connectivity index (χ1n) is 7.57. The van der Waals surface area contributed by atoms with Crippen LogP contribution in [0.3, 0.4) is 0 Å². The first-order chi connectivity index (χ1) is 9.89. The van der Waals surface area contributed by atoms with Crippen LogP contribution in [-0.4, -0.2) is 56.6 Å². The number of amides is 1. The van der Waals surface area contributed by atoms with Gasteiger partial charge in [0.15, 0.2) is 0 Å². The number of ether oxygens (including phenoxy) is 2. The molecule has 0 radical (unpaired) electrons. The van der Waals surface area contributed by atoms with E-state index in [1.54, 1.807) is 7.11 Å². The Labute approximate surface area is 133 Å². The molecule has 6 heteroatoms. The van der Waals surface area contributed by atoms with Crippen LogP contribution in [0.4, 0.5) is 4.79 Å². The third-order valence-corrected chi connectivity index (χ3v) is 3.42. The lowest BCUT2D eigenvalue weighted by molar-refractivity contribution is 0.0526. The van der Waals surface area contributed by atoms with Crippen LogP contribution in [0.1, 0.15) is 40.0 Å². The predicted molar refractivity (Wildman–Crippen MR) is 90.1 cm³/mol. The lowest BCUT2D eigenvalue weighted by Crippen LogP contribution is -2.36. The Hall–Kier alpha value is -0.460. The first kappa shape index (κ1) is 20.5. The Morgan fingerprint density at radius 3 is 2.52 bits per heavy atom. The van der Waals surface area contributed by atoms with E-state index < -0.39 is 5.60 Å². The fourth-order valence-corrected chi connectivity index (χ4v) is 2.25. The van der Waals surface area contributed by atoms with Gasteiger partial charge < -0.3 is 20.1 Å². The molecule has 0 aliphatic rings. The molecule has 0 saturated heterocycles. The van der Waals surface area contributed by atoms with Gasteiger partial charge in [-0.15, -0.1) is 0 Å². The summed E-state index contributed by atoms with van der Waals surface area (Å²) in [5, 5.41) is 6.28. The minimum absolute atomic E-state index is 0.345. The number of alkyl carbamates (subject to hydrolysis) is 1. The van der Waals surface area contributed by atoms with Crippen molar-refractivity contribution < 1.29 is 14.3 Å². The van der Waals surface area contributed by atoms with Gasteiger partial charge in [-0.2, -0.15) is 11.8 Å². The summed E-state index contributed by atoms with van der Waals surface area (Å²) in [6, 6.07) is 0.345. The third-order valence-electron chi connectivity index (χ3n) is 2.72.